The van der Waals surface area contributed by atoms with Gasteiger partial charge in [0.25, 0.3) is 0 Å². The summed E-state index contributed by atoms with van der Waals surface area (Å²) in [7, 11) is 1.27. The summed E-state index contributed by atoms with van der Waals surface area (Å²) in [5.41, 5.74) is 0.724. The Kier molecular flexibility index (Phi) is 6.90. The smallest absolute Gasteiger partial charge is 0.0151 e. The molecule has 0 saturated carbocycles. The van der Waals surface area contributed by atoms with Crippen LogP contribution in [-0.2, 0) is 0 Å². The molecule has 0 rings (SSSR count). The summed E-state index contributed by atoms with van der Waals surface area (Å²) in [6.45, 7) is 8.97. The van der Waals surface area contributed by atoms with Crippen molar-refractivity contribution in [3.05, 3.63) is 0 Å². The molecule has 0 saturated heterocycles. The standard InChI is InChI=1S/C9H20NP/c1-5-6-10-7-9(11-4)8(2)3/h8-10H,4-7H2,1-3H3. The van der Waals surface area contributed by atoms with Crippen molar-refractivity contribution >= 4 is 14.5 Å². The van der Waals surface area contributed by atoms with Gasteiger partial charge >= 0.3 is 0 Å². The Bertz CT molecular complexity index is 102. The van der Waals surface area contributed by atoms with E-state index in [2.05, 4.69) is 32.4 Å². The molecule has 11 heavy (non-hydrogen) atoms. The lowest BCUT2D eigenvalue weighted by molar-refractivity contribution is 0.550. The van der Waals surface area contributed by atoms with Crippen LogP contribution in [0.2, 0.25) is 0 Å². The van der Waals surface area contributed by atoms with Crippen LogP contribution in [0.25, 0.3) is 0 Å². The van der Waals surface area contributed by atoms with Gasteiger partial charge in [-0.1, -0.05) is 27.1 Å². The monoisotopic (exact) mass is 173 g/mol. The first-order valence-corrected chi connectivity index (χ1v) is 5.53. The van der Waals surface area contributed by atoms with Gasteiger partial charge in [0.1, 0.15) is 0 Å². The van der Waals surface area contributed by atoms with Gasteiger partial charge in [-0.2, -0.15) is 0 Å². The molecule has 0 heterocycles. The zero-order chi connectivity index (χ0) is 8.69. The third-order valence-electron chi connectivity index (χ3n) is 1.78. The molecule has 0 aliphatic carbocycles. The molecule has 0 fully saturated rings. The molecule has 0 aromatic carbocycles. The van der Waals surface area contributed by atoms with E-state index in [-0.39, 0.29) is 0 Å². The van der Waals surface area contributed by atoms with Crippen molar-refractivity contribution in [2.75, 3.05) is 13.1 Å². The fourth-order valence-corrected chi connectivity index (χ4v) is 1.62. The van der Waals surface area contributed by atoms with Gasteiger partial charge in [-0.05, 0) is 18.9 Å². The summed E-state index contributed by atoms with van der Waals surface area (Å²) in [5.74, 6) is 0.749. The number of nitrogens with one attached hydrogen (secondary N) is 1. The van der Waals surface area contributed by atoms with Crippen LogP contribution >= 0.6 is 8.20 Å². The van der Waals surface area contributed by atoms with Crippen LogP contribution < -0.4 is 5.32 Å². The van der Waals surface area contributed by atoms with Gasteiger partial charge in [-0.15, -0.1) is 8.20 Å². The topological polar surface area (TPSA) is 12.0 Å². The van der Waals surface area contributed by atoms with Crippen LogP contribution in [0, 0.1) is 5.92 Å². The van der Waals surface area contributed by atoms with Gasteiger partial charge in [0.05, 0.1) is 0 Å². The van der Waals surface area contributed by atoms with E-state index in [4.69, 9.17) is 0 Å². The van der Waals surface area contributed by atoms with Crippen LogP contribution in [0.15, 0.2) is 0 Å². The molecule has 0 amide bonds. The molecule has 0 aromatic rings. The first-order valence-electron chi connectivity index (χ1n) is 4.38. The van der Waals surface area contributed by atoms with Crippen LogP contribution in [0.1, 0.15) is 27.2 Å². The van der Waals surface area contributed by atoms with Gasteiger partial charge in [-0.3, -0.25) is 0 Å². The first-order chi connectivity index (χ1) is 5.22. The average molecular weight is 173 g/mol. The molecular weight excluding hydrogens is 153 g/mol. The van der Waals surface area contributed by atoms with E-state index >= 15 is 0 Å². The summed E-state index contributed by atoms with van der Waals surface area (Å²) in [6.07, 6.45) is 5.14. The summed E-state index contributed by atoms with van der Waals surface area (Å²) >= 11 is 0. The molecule has 1 atom stereocenters. The molecule has 2 heteroatoms. The molecule has 0 bridgehead atoms. The maximum Gasteiger partial charge on any atom is 0.0151 e. The molecule has 0 aliphatic heterocycles. The SMILES string of the molecule is C=PC(CNCCC)C(C)C. The van der Waals surface area contributed by atoms with E-state index in [0.717, 1.165) is 24.7 Å². The van der Waals surface area contributed by atoms with Crippen LogP contribution in [-0.4, -0.2) is 25.0 Å². The van der Waals surface area contributed by atoms with Gasteiger partial charge in [-0.25, -0.2) is 0 Å². The minimum atomic E-state index is 0.724. The van der Waals surface area contributed by atoms with Crippen molar-refractivity contribution in [2.45, 2.75) is 32.9 Å². The molecule has 0 radical (unpaired) electrons. The molecule has 0 aromatic heterocycles. The van der Waals surface area contributed by atoms with Crippen LogP contribution in [0.5, 0.6) is 0 Å². The van der Waals surface area contributed by atoms with Gasteiger partial charge in [0.2, 0.25) is 0 Å². The predicted molar refractivity (Wildman–Crippen MR) is 55.8 cm³/mol. The van der Waals surface area contributed by atoms with Gasteiger partial charge in [0, 0.05) is 12.2 Å². The quantitative estimate of drug-likeness (QED) is 0.480. The Morgan fingerprint density at radius 3 is 2.45 bits per heavy atom. The molecule has 0 aliphatic rings. The van der Waals surface area contributed by atoms with E-state index in [1.165, 1.54) is 14.6 Å². The van der Waals surface area contributed by atoms with Crippen molar-refractivity contribution in [1.29, 1.82) is 0 Å². The lowest BCUT2D eigenvalue weighted by Crippen LogP contribution is -2.27. The van der Waals surface area contributed by atoms with Crippen LogP contribution in [0.4, 0.5) is 0 Å². The van der Waals surface area contributed by atoms with E-state index in [1.807, 2.05) is 0 Å². The molecule has 1 nitrogen and oxygen atoms in total. The minimum absolute atomic E-state index is 0.724. The molecule has 0 spiro atoms. The molecule has 1 N–H and O–H groups in total. The maximum absolute atomic E-state index is 3.92. The average Bonchev–Trinajstić information content (AvgIpc) is 1.97. The fourth-order valence-electron chi connectivity index (χ4n) is 0.938. The Labute approximate surface area is 72.4 Å². The van der Waals surface area contributed by atoms with Crippen LogP contribution in [0.3, 0.4) is 0 Å². The first kappa shape index (κ1) is 11.1. The second-order valence-electron chi connectivity index (χ2n) is 3.20. The Morgan fingerprint density at radius 2 is 2.09 bits per heavy atom. The highest BCUT2D eigenvalue weighted by atomic mass is 31.1. The van der Waals surface area contributed by atoms with Crippen molar-refractivity contribution < 1.29 is 0 Å². The second kappa shape index (κ2) is 6.82. The highest BCUT2D eigenvalue weighted by Crippen LogP contribution is 2.14. The predicted octanol–water partition coefficient (Wildman–Crippen LogP) is 2.39. The Hall–Kier alpha value is 0.130. The summed E-state index contributed by atoms with van der Waals surface area (Å²) in [5, 5.41) is 3.42. The highest BCUT2D eigenvalue weighted by Gasteiger charge is 2.07. The normalized spacial score (nSPS) is 14.2. The van der Waals surface area contributed by atoms with Crippen molar-refractivity contribution in [3.8, 4) is 0 Å². The highest BCUT2D eigenvalue weighted by molar-refractivity contribution is 7.37. The van der Waals surface area contributed by atoms with E-state index in [1.54, 1.807) is 0 Å². The largest absolute Gasteiger partial charge is 0.316 e. The lowest BCUT2D eigenvalue weighted by Gasteiger charge is -2.15. The Balaban J connectivity index is 3.44. The minimum Gasteiger partial charge on any atom is -0.316 e. The van der Waals surface area contributed by atoms with E-state index in [9.17, 15) is 0 Å². The van der Waals surface area contributed by atoms with Crippen molar-refractivity contribution in [2.24, 2.45) is 5.92 Å². The third-order valence-corrected chi connectivity index (χ3v) is 3.03. The second-order valence-corrected chi connectivity index (χ2v) is 4.23. The fraction of sp³-hybridized carbons (Fsp3) is 0.889. The molecule has 1 unspecified atom stereocenters. The Morgan fingerprint density at radius 1 is 1.45 bits per heavy atom. The number of hydrogen-bond acceptors (Lipinski definition) is 1. The van der Waals surface area contributed by atoms with Gasteiger partial charge < -0.3 is 5.32 Å². The van der Waals surface area contributed by atoms with E-state index in [0.29, 0.717) is 0 Å². The number of rotatable bonds is 6. The van der Waals surface area contributed by atoms with Crippen molar-refractivity contribution in [3.63, 3.8) is 0 Å². The lowest BCUT2D eigenvalue weighted by atomic mass is 10.1. The summed E-state index contributed by atoms with van der Waals surface area (Å²) in [4.78, 5) is 0. The third kappa shape index (κ3) is 5.41. The molecular formula is C9H20NP. The zero-order valence-electron chi connectivity index (χ0n) is 7.93. The van der Waals surface area contributed by atoms with Crippen molar-refractivity contribution in [1.82, 2.24) is 5.32 Å². The zero-order valence-corrected chi connectivity index (χ0v) is 8.82. The number of hydrogen-bond donors (Lipinski definition) is 1. The maximum atomic E-state index is 3.92. The van der Waals surface area contributed by atoms with E-state index < -0.39 is 0 Å². The molecule has 66 valence electrons. The van der Waals surface area contributed by atoms with Gasteiger partial charge in [0.15, 0.2) is 0 Å². The summed E-state index contributed by atoms with van der Waals surface area (Å²) in [6, 6.07) is 0. The summed E-state index contributed by atoms with van der Waals surface area (Å²) < 4.78 is 0.